The Morgan fingerprint density at radius 3 is 2.36 bits per heavy atom. The van der Waals surface area contributed by atoms with Gasteiger partial charge in [-0.05, 0) is 33.1 Å². The minimum absolute atomic E-state index is 0.0543. The Labute approximate surface area is 163 Å². The van der Waals surface area contributed by atoms with Gasteiger partial charge in [0.15, 0.2) is 0 Å². The monoisotopic (exact) mass is 400 g/mol. The summed E-state index contributed by atoms with van der Waals surface area (Å²) in [5.41, 5.74) is 0.608. The van der Waals surface area contributed by atoms with Crippen LogP contribution in [0.15, 0.2) is 0 Å². The van der Waals surface area contributed by atoms with Crippen molar-refractivity contribution in [2.24, 2.45) is 5.92 Å². The first-order valence-corrected chi connectivity index (χ1v) is 8.92. The maximum Gasteiger partial charge on any atom is 0.408 e. The number of nitrogens with one attached hydrogen (secondary N) is 3. The van der Waals surface area contributed by atoms with Gasteiger partial charge in [0.05, 0.1) is 0 Å². The summed E-state index contributed by atoms with van der Waals surface area (Å²) in [6.45, 7) is 7.84. The van der Waals surface area contributed by atoms with Gasteiger partial charge in [0.1, 0.15) is 24.2 Å². The van der Waals surface area contributed by atoms with E-state index in [0.29, 0.717) is 4.90 Å². The number of piperidine rings is 1. The summed E-state index contributed by atoms with van der Waals surface area (Å²) in [6.07, 6.45) is -0.758. The summed E-state index contributed by atoms with van der Waals surface area (Å²) in [5.74, 6) is -3.18. The molecule has 1 heterocycles. The van der Waals surface area contributed by atoms with E-state index in [2.05, 4.69) is 10.6 Å². The van der Waals surface area contributed by atoms with E-state index >= 15 is 0 Å². The molecule has 0 aliphatic carbocycles. The lowest BCUT2D eigenvalue weighted by Crippen LogP contribution is -2.59. The van der Waals surface area contributed by atoms with E-state index in [1.54, 1.807) is 34.6 Å². The Hall–Kier alpha value is -2.69. The molecule has 4 N–H and O–H groups in total. The Balaban J connectivity index is 2.81. The quantitative estimate of drug-likeness (QED) is 0.270. The van der Waals surface area contributed by atoms with Crippen LogP contribution in [-0.4, -0.2) is 64.1 Å². The summed E-state index contributed by atoms with van der Waals surface area (Å²) >= 11 is 0. The largest absolute Gasteiger partial charge is 0.444 e. The molecule has 1 rings (SSSR count). The SMILES string of the molecule is CC(C)[C@H](NC(=O)OC(C)(C)C)C(=O)N[C@H]1CCC(=O)N(CC(=O)NO)C1=O. The van der Waals surface area contributed by atoms with Crippen LogP contribution in [0, 0.1) is 5.92 Å². The van der Waals surface area contributed by atoms with E-state index in [0.717, 1.165) is 0 Å². The third kappa shape index (κ3) is 6.80. The first-order valence-electron chi connectivity index (χ1n) is 8.92. The number of alkyl carbamates (subject to hydrolysis) is 1. The van der Waals surface area contributed by atoms with Crippen molar-refractivity contribution in [1.29, 1.82) is 0 Å². The molecule has 0 unspecified atom stereocenters. The molecule has 1 aliphatic rings. The molecule has 0 spiro atoms. The number of hydrogen-bond donors (Lipinski definition) is 4. The highest BCUT2D eigenvalue weighted by Gasteiger charge is 2.38. The summed E-state index contributed by atoms with van der Waals surface area (Å²) in [6, 6.07) is -1.99. The zero-order valence-electron chi connectivity index (χ0n) is 16.7. The Kier molecular flexibility index (Phi) is 7.91. The number of amides is 5. The average molecular weight is 400 g/mol. The number of carbonyl (C=O) groups excluding carboxylic acids is 5. The predicted octanol–water partition coefficient (Wildman–Crippen LogP) is -0.325. The molecule has 0 radical (unpaired) electrons. The standard InChI is InChI=1S/C17H28N4O7/c1-9(2)13(19-16(26)28-17(3,4)5)14(24)18-10-6-7-12(23)21(15(10)25)8-11(22)20-27/h9-10,13,27H,6-8H2,1-5H3,(H,18,24)(H,19,26)(H,20,22)/t10-,13-/m0/s1. The number of hydroxylamine groups is 1. The zero-order chi connectivity index (χ0) is 21.6. The average Bonchev–Trinajstić information content (AvgIpc) is 2.56. The molecular formula is C17H28N4O7. The highest BCUT2D eigenvalue weighted by Crippen LogP contribution is 2.14. The minimum Gasteiger partial charge on any atom is -0.444 e. The maximum atomic E-state index is 12.6. The second-order valence-corrected chi connectivity index (χ2v) is 7.82. The van der Waals surface area contributed by atoms with Gasteiger partial charge in [-0.1, -0.05) is 13.8 Å². The smallest absolute Gasteiger partial charge is 0.408 e. The van der Waals surface area contributed by atoms with Crippen molar-refractivity contribution < 1.29 is 33.9 Å². The van der Waals surface area contributed by atoms with Gasteiger partial charge in [-0.15, -0.1) is 0 Å². The molecule has 5 amide bonds. The molecule has 2 atom stereocenters. The van der Waals surface area contributed by atoms with Crippen LogP contribution in [0.2, 0.25) is 0 Å². The fraction of sp³-hybridized carbons (Fsp3) is 0.706. The third-order valence-electron chi connectivity index (χ3n) is 3.88. The van der Waals surface area contributed by atoms with Crippen LogP contribution in [0.4, 0.5) is 4.79 Å². The minimum atomic E-state index is -1.03. The lowest BCUT2D eigenvalue weighted by Gasteiger charge is -2.32. The lowest BCUT2D eigenvalue weighted by molar-refractivity contribution is -0.154. The molecule has 0 saturated carbocycles. The van der Waals surface area contributed by atoms with Gasteiger partial charge in [0, 0.05) is 6.42 Å². The summed E-state index contributed by atoms with van der Waals surface area (Å²) in [4.78, 5) is 60.8. The Morgan fingerprint density at radius 2 is 1.86 bits per heavy atom. The van der Waals surface area contributed by atoms with E-state index < -0.39 is 54.0 Å². The Bertz CT molecular complexity index is 642. The van der Waals surface area contributed by atoms with Gasteiger partial charge in [-0.25, -0.2) is 10.3 Å². The number of nitrogens with zero attached hydrogens (tertiary/aromatic N) is 1. The van der Waals surface area contributed by atoms with Crippen molar-refractivity contribution >= 4 is 29.7 Å². The number of imide groups is 1. The molecule has 11 heteroatoms. The van der Waals surface area contributed by atoms with Crippen LogP contribution < -0.4 is 16.1 Å². The van der Waals surface area contributed by atoms with Gasteiger partial charge >= 0.3 is 6.09 Å². The van der Waals surface area contributed by atoms with Crippen molar-refractivity contribution in [3.05, 3.63) is 0 Å². The molecular weight excluding hydrogens is 372 g/mol. The van der Waals surface area contributed by atoms with Crippen molar-refractivity contribution in [3.8, 4) is 0 Å². The molecule has 0 aromatic rings. The third-order valence-corrected chi connectivity index (χ3v) is 3.88. The molecule has 0 aromatic carbocycles. The number of rotatable bonds is 6. The second-order valence-electron chi connectivity index (χ2n) is 7.82. The van der Waals surface area contributed by atoms with Crippen LogP contribution in [0.3, 0.4) is 0 Å². The van der Waals surface area contributed by atoms with Crippen molar-refractivity contribution in [2.45, 2.75) is 65.1 Å². The first-order chi connectivity index (χ1) is 12.9. The van der Waals surface area contributed by atoms with Gasteiger partial charge in [-0.2, -0.15) is 0 Å². The van der Waals surface area contributed by atoms with Crippen LogP contribution in [-0.2, 0) is 23.9 Å². The molecule has 1 aliphatic heterocycles. The van der Waals surface area contributed by atoms with Gasteiger partial charge in [0.25, 0.3) is 11.8 Å². The van der Waals surface area contributed by atoms with Gasteiger partial charge < -0.3 is 15.4 Å². The van der Waals surface area contributed by atoms with Crippen molar-refractivity contribution in [3.63, 3.8) is 0 Å². The van der Waals surface area contributed by atoms with Crippen molar-refractivity contribution in [2.75, 3.05) is 6.54 Å². The van der Waals surface area contributed by atoms with Gasteiger partial charge in [-0.3, -0.25) is 29.3 Å². The molecule has 28 heavy (non-hydrogen) atoms. The van der Waals surface area contributed by atoms with E-state index in [4.69, 9.17) is 9.94 Å². The number of likely N-dealkylation sites (tertiary alicyclic amines) is 1. The lowest BCUT2D eigenvalue weighted by atomic mass is 10.0. The summed E-state index contributed by atoms with van der Waals surface area (Å²) < 4.78 is 5.15. The van der Waals surface area contributed by atoms with E-state index in [1.165, 1.54) is 5.48 Å². The highest BCUT2D eigenvalue weighted by molar-refractivity contribution is 6.04. The van der Waals surface area contributed by atoms with E-state index in [-0.39, 0.29) is 18.8 Å². The van der Waals surface area contributed by atoms with Gasteiger partial charge in [0.2, 0.25) is 11.8 Å². The molecule has 158 valence electrons. The number of hydrogen-bond acceptors (Lipinski definition) is 7. The van der Waals surface area contributed by atoms with Crippen LogP contribution >= 0.6 is 0 Å². The molecule has 11 nitrogen and oxygen atoms in total. The van der Waals surface area contributed by atoms with E-state index in [1.807, 2.05) is 0 Å². The molecule has 0 aromatic heterocycles. The fourth-order valence-electron chi connectivity index (χ4n) is 2.55. The second kappa shape index (κ2) is 9.49. The predicted molar refractivity (Wildman–Crippen MR) is 95.8 cm³/mol. The zero-order valence-corrected chi connectivity index (χ0v) is 16.7. The van der Waals surface area contributed by atoms with Crippen LogP contribution in [0.5, 0.6) is 0 Å². The number of carbonyl (C=O) groups is 5. The normalized spacial score (nSPS) is 18.5. The Morgan fingerprint density at radius 1 is 1.25 bits per heavy atom. The molecule has 0 bridgehead atoms. The topological polar surface area (TPSA) is 154 Å². The highest BCUT2D eigenvalue weighted by atomic mass is 16.6. The first kappa shape index (κ1) is 23.3. The molecule has 1 saturated heterocycles. The molecule has 1 fully saturated rings. The van der Waals surface area contributed by atoms with Crippen LogP contribution in [0.1, 0.15) is 47.5 Å². The van der Waals surface area contributed by atoms with E-state index in [9.17, 15) is 24.0 Å². The summed E-state index contributed by atoms with van der Waals surface area (Å²) in [7, 11) is 0. The fourth-order valence-corrected chi connectivity index (χ4v) is 2.55. The van der Waals surface area contributed by atoms with Crippen LogP contribution in [0.25, 0.3) is 0 Å². The maximum absolute atomic E-state index is 12.6. The van der Waals surface area contributed by atoms with Crippen molar-refractivity contribution in [1.82, 2.24) is 21.0 Å². The number of ether oxygens (including phenoxy) is 1. The summed E-state index contributed by atoms with van der Waals surface area (Å²) in [5, 5.41) is 13.6.